The summed E-state index contributed by atoms with van der Waals surface area (Å²) >= 11 is 0. The van der Waals surface area contributed by atoms with Crippen molar-refractivity contribution < 1.29 is 0 Å². The summed E-state index contributed by atoms with van der Waals surface area (Å²) in [6, 6.07) is 0. The van der Waals surface area contributed by atoms with Crippen LogP contribution >= 0.6 is 0 Å². The van der Waals surface area contributed by atoms with Crippen LogP contribution in [0.25, 0.3) is 0 Å². The first kappa shape index (κ1) is 5.76. The van der Waals surface area contributed by atoms with E-state index in [1.165, 1.54) is 19.3 Å². The van der Waals surface area contributed by atoms with E-state index in [0.29, 0.717) is 5.41 Å². The molecule has 0 unspecified atom stereocenters. The highest BCUT2D eigenvalue weighted by Gasteiger charge is 2.44. The fourth-order valence-corrected chi connectivity index (χ4v) is 2.88. The summed E-state index contributed by atoms with van der Waals surface area (Å²) in [5.74, 6) is 2.20. The first-order valence-corrected chi connectivity index (χ1v) is 4.18. The largest absolute Gasteiger partial charge is 0.0596 e. The number of fused-ring (bicyclic) bond motifs is 2. The third-order valence-electron chi connectivity index (χ3n) is 3.46. The minimum atomic E-state index is 0.711. The van der Waals surface area contributed by atoms with Gasteiger partial charge in [-0.3, -0.25) is 0 Å². The molecule has 2 bridgehead atoms. The number of rotatable bonds is 0. The van der Waals surface area contributed by atoms with Crippen molar-refractivity contribution in [1.82, 2.24) is 0 Å². The summed E-state index contributed by atoms with van der Waals surface area (Å²) in [7, 11) is 0. The van der Waals surface area contributed by atoms with E-state index in [1.54, 1.807) is 6.42 Å². The van der Waals surface area contributed by atoms with E-state index in [2.05, 4.69) is 13.8 Å². The van der Waals surface area contributed by atoms with E-state index in [1.807, 2.05) is 0 Å². The number of hydrogen-bond donors (Lipinski definition) is 0. The Labute approximate surface area is 57.6 Å². The van der Waals surface area contributed by atoms with Gasteiger partial charge in [0.2, 0.25) is 0 Å². The van der Waals surface area contributed by atoms with Crippen molar-refractivity contribution in [3.63, 3.8) is 0 Å². The maximum atomic E-state index is 2.44. The molecule has 0 aromatic rings. The summed E-state index contributed by atoms with van der Waals surface area (Å²) in [5, 5.41) is 0. The van der Waals surface area contributed by atoms with Gasteiger partial charge < -0.3 is 0 Å². The zero-order valence-electron chi connectivity index (χ0n) is 6.48. The Balaban J connectivity index is 2.18. The molecule has 0 heteroatoms. The molecular formula is C9H16. The lowest BCUT2D eigenvalue weighted by molar-refractivity contribution is 0.217. The minimum Gasteiger partial charge on any atom is -0.0596 e. The van der Waals surface area contributed by atoms with Crippen LogP contribution in [0.2, 0.25) is 0 Å². The van der Waals surface area contributed by atoms with Crippen molar-refractivity contribution in [2.24, 2.45) is 17.3 Å². The van der Waals surface area contributed by atoms with E-state index < -0.39 is 0 Å². The van der Waals surface area contributed by atoms with Gasteiger partial charge in [-0.25, -0.2) is 0 Å². The molecule has 0 spiro atoms. The topological polar surface area (TPSA) is 0 Å². The van der Waals surface area contributed by atoms with Gasteiger partial charge >= 0.3 is 0 Å². The van der Waals surface area contributed by atoms with Crippen LogP contribution in [0.5, 0.6) is 0 Å². The maximum absolute atomic E-state index is 2.44. The third kappa shape index (κ3) is 0.720. The average Bonchev–Trinajstić information content (AvgIpc) is 2.19. The van der Waals surface area contributed by atoms with Crippen LogP contribution in [0.4, 0.5) is 0 Å². The molecule has 0 amide bonds. The minimum absolute atomic E-state index is 0.711. The summed E-state index contributed by atoms with van der Waals surface area (Å²) in [6.45, 7) is 4.88. The summed E-state index contributed by atoms with van der Waals surface area (Å²) in [5.41, 5.74) is 0.711. The first-order chi connectivity index (χ1) is 4.18. The van der Waals surface area contributed by atoms with Crippen LogP contribution in [0, 0.1) is 17.3 Å². The SMILES string of the molecule is CC1(C)C[C@@H]2CC[C@H]1C2. The van der Waals surface area contributed by atoms with Crippen molar-refractivity contribution in [3.8, 4) is 0 Å². The molecule has 2 atom stereocenters. The molecule has 0 aromatic heterocycles. The molecular weight excluding hydrogens is 108 g/mol. The predicted molar refractivity (Wildman–Crippen MR) is 39.2 cm³/mol. The van der Waals surface area contributed by atoms with Crippen LogP contribution in [-0.2, 0) is 0 Å². The van der Waals surface area contributed by atoms with Crippen LogP contribution in [0.15, 0.2) is 0 Å². The summed E-state index contributed by atoms with van der Waals surface area (Å²) in [6.07, 6.45) is 6.12. The van der Waals surface area contributed by atoms with E-state index in [9.17, 15) is 0 Å². The fraction of sp³-hybridized carbons (Fsp3) is 1.00. The smallest absolute Gasteiger partial charge is 0.0323 e. The van der Waals surface area contributed by atoms with Gasteiger partial charge in [0.15, 0.2) is 0 Å². The second-order valence-corrected chi connectivity index (χ2v) is 4.57. The highest BCUT2D eigenvalue weighted by molar-refractivity contribution is 4.95. The van der Waals surface area contributed by atoms with Crippen molar-refractivity contribution in [2.75, 3.05) is 0 Å². The average molecular weight is 124 g/mol. The van der Waals surface area contributed by atoms with Gasteiger partial charge in [-0.05, 0) is 36.5 Å². The lowest BCUT2D eigenvalue weighted by atomic mass is 9.77. The second-order valence-electron chi connectivity index (χ2n) is 4.57. The summed E-state index contributed by atoms with van der Waals surface area (Å²) < 4.78 is 0. The van der Waals surface area contributed by atoms with Crippen LogP contribution in [0.3, 0.4) is 0 Å². The normalized spacial score (nSPS) is 46.0. The van der Waals surface area contributed by atoms with Crippen molar-refractivity contribution in [2.45, 2.75) is 39.5 Å². The molecule has 0 radical (unpaired) electrons. The van der Waals surface area contributed by atoms with E-state index >= 15 is 0 Å². The van der Waals surface area contributed by atoms with Gasteiger partial charge in [0.1, 0.15) is 0 Å². The zero-order chi connectivity index (χ0) is 6.48. The van der Waals surface area contributed by atoms with E-state index in [-0.39, 0.29) is 0 Å². The lowest BCUT2D eigenvalue weighted by Gasteiger charge is -2.29. The molecule has 2 rings (SSSR count). The van der Waals surface area contributed by atoms with E-state index in [4.69, 9.17) is 0 Å². The lowest BCUT2D eigenvalue weighted by Crippen LogP contribution is -2.19. The fourth-order valence-electron chi connectivity index (χ4n) is 2.88. The molecule has 2 saturated carbocycles. The Morgan fingerprint density at radius 3 is 2.22 bits per heavy atom. The van der Waals surface area contributed by atoms with Crippen molar-refractivity contribution >= 4 is 0 Å². The summed E-state index contributed by atoms with van der Waals surface area (Å²) in [4.78, 5) is 0. The Hall–Kier alpha value is 0. The van der Waals surface area contributed by atoms with Crippen molar-refractivity contribution in [1.29, 1.82) is 0 Å². The van der Waals surface area contributed by atoms with Crippen LogP contribution in [0.1, 0.15) is 39.5 Å². The van der Waals surface area contributed by atoms with Crippen LogP contribution < -0.4 is 0 Å². The highest BCUT2D eigenvalue weighted by atomic mass is 14.5. The zero-order valence-corrected chi connectivity index (χ0v) is 6.48. The standard InChI is InChI=1S/C9H16/c1-9(2)6-7-3-4-8(9)5-7/h7-8H,3-6H2,1-2H3/t7-,8+/m1/s1. The van der Waals surface area contributed by atoms with Crippen molar-refractivity contribution in [3.05, 3.63) is 0 Å². The maximum Gasteiger partial charge on any atom is -0.0323 e. The van der Waals surface area contributed by atoms with Gasteiger partial charge in [0.05, 0.1) is 0 Å². The molecule has 2 aliphatic rings. The Morgan fingerprint density at radius 1 is 1.22 bits per heavy atom. The van der Waals surface area contributed by atoms with Gasteiger partial charge in [-0.2, -0.15) is 0 Å². The number of hydrogen-bond acceptors (Lipinski definition) is 0. The molecule has 9 heavy (non-hydrogen) atoms. The molecule has 0 saturated heterocycles. The van der Waals surface area contributed by atoms with E-state index in [0.717, 1.165) is 11.8 Å². The van der Waals surface area contributed by atoms with Gasteiger partial charge in [0, 0.05) is 0 Å². The Kier molecular flexibility index (Phi) is 0.980. The van der Waals surface area contributed by atoms with Gasteiger partial charge in [-0.1, -0.05) is 20.3 Å². The molecule has 52 valence electrons. The molecule has 2 aliphatic carbocycles. The molecule has 0 aliphatic heterocycles. The predicted octanol–water partition coefficient (Wildman–Crippen LogP) is 2.83. The van der Waals surface area contributed by atoms with Gasteiger partial charge in [-0.15, -0.1) is 0 Å². The van der Waals surface area contributed by atoms with Crippen LogP contribution in [-0.4, -0.2) is 0 Å². The monoisotopic (exact) mass is 124 g/mol. The third-order valence-corrected chi connectivity index (χ3v) is 3.46. The molecule has 2 fully saturated rings. The second kappa shape index (κ2) is 1.53. The van der Waals surface area contributed by atoms with Gasteiger partial charge in [0.25, 0.3) is 0 Å². The molecule has 0 aromatic carbocycles. The molecule has 0 N–H and O–H groups in total. The molecule has 0 nitrogen and oxygen atoms in total. The quantitative estimate of drug-likeness (QED) is 0.466. The Bertz CT molecular complexity index is 124. The highest BCUT2D eigenvalue weighted by Crippen LogP contribution is 2.55. The first-order valence-electron chi connectivity index (χ1n) is 4.18. The Morgan fingerprint density at radius 2 is 2.00 bits per heavy atom. The molecule has 0 heterocycles.